The van der Waals surface area contributed by atoms with Crippen LogP contribution >= 0.6 is 24.8 Å². The molecule has 0 aliphatic heterocycles. The zero-order valence-corrected chi connectivity index (χ0v) is 12.6. The Bertz CT molecular complexity index is 144. The van der Waals surface area contributed by atoms with Gasteiger partial charge in [0.1, 0.15) is 4.32 Å². The average Bonchev–Trinajstić information content (AvgIpc) is 2.15. The molecule has 0 rings (SSSR count). The van der Waals surface area contributed by atoms with E-state index in [0.29, 0.717) is 0 Å². The molecule has 0 aromatic heterocycles. The summed E-state index contributed by atoms with van der Waals surface area (Å²) in [6, 6.07) is 0. The van der Waals surface area contributed by atoms with Crippen LogP contribution in [0, 0.1) is 0 Å². The fourth-order valence-corrected chi connectivity index (χ4v) is 1.79. The Kier molecular flexibility index (Phi) is 15.5. The number of unbranched alkanes of at least 4 members (excludes halogenated alkanes) is 4. The Morgan fingerprint density at radius 1 is 1.00 bits per heavy atom. The number of hydrogen-bond acceptors (Lipinski definition) is 1. The van der Waals surface area contributed by atoms with Crippen molar-refractivity contribution in [1.29, 1.82) is 0 Å². The fraction of sp³-hybridized carbons (Fsp3) is 0.909. The van der Waals surface area contributed by atoms with Gasteiger partial charge in [-0.05, 0) is 12.8 Å². The predicted molar refractivity (Wildman–Crippen MR) is 72.2 cm³/mol. The van der Waals surface area contributed by atoms with Crippen LogP contribution in [0.25, 0.3) is 0 Å². The van der Waals surface area contributed by atoms with Crippen LogP contribution in [0.15, 0.2) is 0 Å². The molecule has 0 aromatic rings. The average molecular weight is 289 g/mol. The number of rotatable bonds is 8. The molecule has 89 valence electrons. The molecule has 0 aromatic carbocycles. The smallest absolute Gasteiger partial charge is 0.358 e. The SMILES string of the molecule is CCCCCN(CCCCC)C(=S)S.[Fe+3]. The van der Waals surface area contributed by atoms with Gasteiger partial charge in [0.2, 0.25) is 0 Å². The minimum absolute atomic E-state index is 0. The van der Waals surface area contributed by atoms with Crippen molar-refractivity contribution in [2.45, 2.75) is 52.4 Å². The van der Waals surface area contributed by atoms with Crippen molar-refractivity contribution in [1.82, 2.24) is 4.90 Å². The van der Waals surface area contributed by atoms with E-state index < -0.39 is 0 Å². The van der Waals surface area contributed by atoms with Crippen molar-refractivity contribution in [3.05, 3.63) is 0 Å². The van der Waals surface area contributed by atoms with Crippen molar-refractivity contribution >= 4 is 29.2 Å². The van der Waals surface area contributed by atoms with Crippen LogP contribution in [-0.4, -0.2) is 22.3 Å². The summed E-state index contributed by atoms with van der Waals surface area (Å²) in [5.74, 6) is 0. The van der Waals surface area contributed by atoms with E-state index in [1.54, 1.807) is 0 Å². The van der Waals surface area contributed by atoms with Gasteiger partial charge in [-0.25, -0.2) is 0 Å². The van der Waals surface area contributed by atoms with Crippen LogP contribution in [-0.2, 0) is 17.1 Å². The van der Waals surface area contributed by atoms with Gasteiger partial charge in [-0.1, -0.05) is 51.7 Å². The van der Waals surface area contributed by atoms with Crippen molar-refractivity contribution in [3.8, 4) is 0 Å². The second-order valence-corrected chi connectivity index (χ2v) is 4.80. The molecule has 0 N–H and O–H groups in total. The van der Waals surface area contributed by atoms with E-state index in [9.17, 15) is 0 Å². The normalized spacial score (nSPS) is 9.53. The van der Waals surface area contributed by atoms with E-state index in [0.717, 1.165) is 17.4 Å². The van der Waals surface area contributed by atoms with Gasteiger partial charge in [0.25, 0.3) is 0 Å². The number of nitrogens with zero attached hydrogens (tertiary/aromatic N) is 1. The molecule has 0 amide bonds. The maximum absolute atomic E-state index is 5.11. The summed E-state index contributed by atoms with van der Waals surface area (Å²) in [5.41, 5.74) is 0. The summed E-state index contributed by atoms with van der Waals surface area (Å²) >= 11 is 9.36. The van der Waals surface area contributed by atoms with Crippen LogP contribution in [0.5, 0.6) is 0 Å². The fourth-order valence-electron chi connectivity index (χ4n) is 1.41. The number of thiocarbonyl (C=S) groups is 1. The molecule has 4 heteroatoms. The van der Waals surface area contributed by atoms with E-state index in [-0.39, 0.29) is 17.1 Å². The molecule has 0 unspecified atom stereocenters. The van der Waals surface area contributed by atoms with Crippen molar-refractivity contribution in [2.24, 2.45) is 0 Å². The Labute approximate surface area is 116 Å². The summed E-state index contributed by atoms with van der Waals surface area (Å²) in [6.07, 6.45) is 7.60. The molecule has 1 radical (unpaired) electrons. The summed E-state index contributed by atoms with van der Waals surface area (Å²) in [4.78, 5) is 2.23. The topological polar surface area (TPSA) is 3.24 Å². The van der Waals surface area contributed by atoms with Gasteiger partial charge in [-0.2, -0.15) is 0 Å². The molecule has 0 fully saturated rings. The maximum atomic E-state index is 5.11. The molecular formula is C11H23FeNS2+3. The first-order chi connectivity index (χ1) is 6.72. The second kappa shape index (κ2) is 12.8. The van der Waals surface area contributed by atoms with Crippen LogP contribution < -0.4 is 0 Å². The Morgan fingerprint density at radius 3 is 1.67 bits per heavy atom. The van der Waals surface area contributed by atoms with Crippen LogP contribution in [0.1, 0.15) is 52.4 Å². The Balaban J connectivity index is 0. The van der Waals surface area contributed by atoms with E-state index in [4.69, 9.17) is 12.2 Å². The third-order valence-electron chi connectivity index (χ3n) is 2.33. The van der Waals surface area contributed by atoms with E-state index in [2.05, 4.69) is 31.4 Å². The molecule has 0 spiro atoms. The first-order valence-electron chi connectivity index (χ1n) is 5.70. The van der Waals surface area contributed by atoms with Crippen LogP contribution in [0.2, 0.25) is 0 Å². The van der Waals surface area contributed by atoms with Gasteiger partial charge in [0.05, 0.1) is 0 Å². The zero-order valence-electron chi connectivity index (χ0n) is 9.81. The standard InChI is InChI=1S/C11H23NS2.Fe/c1-3-5-7-9-12(11(13)14)10-8-6-4-2;/h3-10H2,1-2H3,(H,13,14);/q;+3. The number of hydrogen-bond donors (Lipinski definition) is 1. The summed E-state index contributed by atoms with van der Waals surface area (Å²) < 4.78 is 0.761. The van der Waals surface area contributed by atoms with Crippen LogP contribution in [0.3, 0.4) is 0 Å². The summed E-state index contributed by atoms with van der Waals surface area (Å²) in [5, 5.41) is 0. The number of thiol groups is 1. The molecule has 15 heavy (non-hydrogen) atoms. The second-order valence-electron chi connectivity index (χ2n) is 3.68. The third-order valence-corrected chi connectivity index (χ3v) is 2.87. The van der Waals surface area contributed by atoms with E-state index >= 15 is 0 Å². The van der Waals surface area contributed by atoms with Gasteiger partial charge in [0.15, 0.2) is 0 Å². The van der Waals surface area contributed by atoms with Gasteiger partial charge in [0, 0.05) is 13.1 Å². The predicted octanol–water partition coefficient (Wildman–Crippen LogP) is 3.88. The molecule has 0 saturated carbocycles. The van der Waals surface area contributed by atoms with Gasteiger partial charge >= 0.3 is 17.1 Å². The van der Waals surface area contributed by atoms with Gasteiger partial charge < -0.3 is 4.90 Å². The van der Waals surface area contributed by atoms with Crippen molar-refractivity contribution in [2.75, 3.05) is 13.1 Å². The first-order valence-corrected chi connectivity index (χ1v) is 6.55. The Morgan fingerprint density at radius 2 is 1.40 bits per heavy atom. The summed E-state index contributed by atoms with van der Waals surface area (Å²) in [6.45, 7) is 6.61. The van der Waals surface area contributed by atoms with Crippen molar-refractivity contribution in [3.63, 3.8) is 0 Å². The van der Waals surface area contributed by atoms with Gasteiger partial charge in [-0.15, -0.1) is 12.6 Å². The molecule has 0 bridgehead atoms. The van der Waals surface area contributed by atoms with Crippen LogP contribution in [0.4, 0.5) is 0 Å². The molecular weight excluding hydrogens is 266 g/mol. The molecule has 0 aliphatic carbocycles. The third kappa shape index (κ3) is 11.0. The molecule has 0 aliphatic rings. The van der Waals surface area contributed by atoms with Gasteiger partial charge in [-0.3, -0.25) is 0 Å². The molecule has 1 nitrogen and oxygen atoms in total. The molecule has 0 heterocycles. The zero-order chi connectivity index (χ0) is 10.8. The largest absolute Gasteiger partial charge is 3.00 e. The summed E-state index contributed by atoms with van der Waals surface area (Å²) in [7, 11) is 0. The minimum Gasteiger partial charge on any atom is -0.358 e. The monoisotopic (exact) mass is 289 g/mol. The van der Waals surface area contributed by atoms with E-state index in [1.165, 1.54) is 38.5 Å². The quantitative estimate of drug-likeness (QED) is 0.313. The van der Waals surface area contributed by atoms with E-state index in [1.807, 2.05) is 0 Å². The van der Waals surface area contributed by atoms with Crippen molar-refractivity contribution < 1.29 is 17.1 Å². The minimum atomic E-state index is 0. The molecule has 0 saturated heterocycles. The first kappa shape index (κ1) is 18.1. The Hall–Kier alpha value is 0.759. The molecule has 0 atom stereocenters. The maximum Gasteiger partial charge on any atom is 3.00 e.